The lowest BCUT2D eigenvalue weighted by Crippen LogP contribution is -2.51. The first kappa shape index (κ1) is 14.5. The van der Waals surface area contributed by atoms with Gasteiger partial charge in [0.1, 0.15) is 0 Å². The number of carbonyl (C=O) groups excluding carboxylic acids is 2. The number of hydrogen-bond acceptors (Lipinski definition) is 4. The standard InChI is InChI=1S/C17H25NO4/c19-15(18-1-3-21-4-2-18)11-22-16(20)17-8-12-5-13(9-17)7-14(6-12)10-17/h12-14H,1-11H2. The molecule has 0 aromatic rings. The van der Waals surface area contributed by atoms with E-state index in [1.165, 1.54) is 19.3 Å². The Morgan fingerprint density at radius 1 is 1.00 bits per heavy atom. The summed E-state index contributed by atoms with van der Waals surface area (Å²) in [5.74, 6) is 1.96. The van der Waals surface area contributed by atoms with Crippen LogP contribution in [0.3, 0.4) is 0 Å². The molecule has 5 aliphatic rings. The summed E-state index contributed by atoms with van der Waals surface area (Å²) < 4.78 is 10.7. The van der Waals surface area contributed by atoms with Crippen LogP contribution in [0.2, 0.25) is 0 Å². The van der Waals surface area contributed by atoms with Crippen molar-refractivity contribution in [2.24, 2.45) is 23.2 Å². The lowest BCUT2D eigenvalue weighted by atomic mass is 9.49. The van der Waals surface area contributed by atoms with Crippen LogP contribution in [0.4, 0.5) is 0 Å². The Morgan fingerprint density at radius 2 is 1.55 bits per heavy atom. The lowest BCUT2D eigenvalue weighted by molar-refractivity contribution is -0.175. The van der Waals surface area contributed by atoms with Crippen LogP contribution in [-0.2, 0) is 19.1 Å². The molecule has 122 valence electrons. The van der Waals surface area contributed by atoms with Gasteiger partial charge in [0.05, 0.1) is 18.6 Å². The minimum atomic E-state index is -0.264. The third-order valence-corrected chi connectivity index (χ3v) is 6.16. The molecule has 1 aliphatic heterocycles. The van der Waals surface area contributed by atoms with Gasteiger partial charge in [-0.05, 0) is 56.3 Å². The predicted octanol–water partition coefficient (Wildman–Crippen LogP) is 1.60. The van der Waals surface area contributed by atoms with Gasteiger partial charge in [0, 0.05) is 13.1 Å². The third kappa shape index (κ3) is 2.53. The second-order valence-electron chi connectivity index (χ2n) is 7.77. The highest BCUT2D eigenvalue weighted by molar-refractivity contribution is 5.83. The quantitative estimate of drug-likeness (QED) is 0.743. The van der Waals surface area contributed by atoms with E-state index in [-0.39, 0.29) is 23.9 Å². The van der Waals surface area contributed by atoms with Gasteiger partial charge in [-0.2, -0.15) is 0 Å². The van der Waals surface area contributed by atoms with Crippen LogP contribution in [-0.4, -0.2) is 49.7 Å². The fourth-order valence-electron chi connectivity index (χ4n) is 5.55. The summed E-state index contributed by atoms with van der Waals surface area (Å²) in [7, 11) is 0. The fraction of sp³-hybridized carbons (Fsp3) is 0.882. The van der Waals surface area contributed by atoms with Crippen molar-refractivity contribution in [2.75, 3.05) is 32.9 Å². The lowest BCUT2D eigenvalue weighted by Gasteiger charge is -2.55. The summed E-state index contributed by atoms with van der Waals surface area (Å²) in [6.45, 7) is 2.27. The minimum absolute atomic E-state index is 0.0821. The number of morpholine rings is 1. The minimum Gasteiger partial charge on any atom is -0.455 e. The molecule has 0 N–H and O–H groups in total. The van der Waals surface area contributed by atoms with Crippen molar-refractivity contribution in [3.63, 3.8) is 0 Å². The van der Waals surface area contributed by atoms with Crippen molar-refractivity contribution in [3.8, 4) is 0 Å². The van der Waals surface area contributed by atoms with Crippen LogP contribution in [0, 0.1) is 23.2 Å². The molecule has 0 aromatic heterocycles. The van der Waals surface area contributed by atoms with Crippen molar-refractivity contribution in [1.82, 2.24) is 4.90 Å². The van der Waals surface area contributed by atoms with Crippen molar-refractivity contribution in [1.29, 1.82) is 0 Å². The highest BCUT2D eigenvalue weighted by Gasteiger charge is 2.55. The van der Waals surface area contributed by atoms with Gasteiger partial charge >= 0.3 is 5.97 Å². The fourth-order valence-corrected chi connectivity index (χ4v) is 5.55. The molecule has 1 saturated heterocycles. The zero-order chi connectivity index (χ0) is 15.2. The van der Waals surface area contributed by atoms with E-state index >= 15 is 0 Å². The van der Waals surface area contributed by atoms with Crippen LogP contribution in [0.5, 0.6) is 0 Å². The predicted molar refractivity (Wildman–Crippen MR) is 79.0 cm³/mol. The van der Waals surface area contributed by atoms with Gasteiger partial charge in [0.15, 0.2) is 6.61 Å². The van der Waals surface area contributed by atoms with Gasteiger partial charge in [0.25, 0.3) is 5.91 Å². The molecule has 1 heterocycles. The number of nitrogens with zero attached hydrogens (tertiary/aromatic N) is 1. The maximum atomic E-state index is 12.7. The number of hydrogen-bond donors (Lipinski definition) is 0. The normalized spacial score (nSPS) is 39.8. The Labute approximate surface area is 131 Å². The smallest absolute Gasteiger partial charge is 0.312 e. The Kier molecular flexibility index (Phi) is 3.63. The van der Waals surface area contributed by atoms with E-state index in [9.17, 15) is 9.59 Å². The first-order valence-corrected chi connectivity index (χ1v) is 8.67. The molecule has 0 aromatic carbocycles. The van der Waals surface area contributed by atoms with Crippen LogP contribution in [0.15, 0.2) is 0 Å². The number of ether oxygens (including phenoxy) is 2. The summed E-state index contributed by atoms with van der Waals surface area (Å²) in [5, 5.41) is 0. The zero-order valence-corrected chi connectivity index (χ0v) is 13.1. The van der Waals surface area contributed by atoms with Gasteiger partial charge in [-0.25, -0.2) is 0 Å². The molecule has 0 radical (unpaired) electrons. The molecule has 0 atom stereocenters. The maximum Gasteiger partial charge on any atom is 0.312 e. The molecule has 4 saturated carbocycles. The van der Waals surface area contributed by atoms with E-state index in [1.807, 2.05) is 0 Å². The SMILES string of the molecule is O=C(COC(=O)C12CC3CC(CC(C3)C1)C2)N1CCOCC1. The van der Waals surface area contributed by atoms with Gasteiger partial charge < -0.3 is 14.4 Å². The van der Waals surface area contributed by atoms with Crippen molar-refractivity contribution in [2.45, 2.75) is 38.5 Å². The molecular weight excluding hydrogens is 282 g/mol. The average Bonchev–Trinajstić information content (AvgIpc) is 2.51. The van der Waals surface area contributed by atoms with Gasteiger partial charge in [-0.1, -0.05) is 0 Å². The highest BCUT2D eigenvalue weighted by atomic mass is 16.5. The molecule has 1 amide bonds. The summed E-state index contributed by atoms with van der Waals surface area (Å²) in [5.41, 5.74) is -0.264. The van der Waals surface area contributed by atoms with Crippen molar-refractivity contribution in [3.05, 3.63) is 0 Å². The van der Waals surface area contributed by atoms with E-state index < -0.39 is 0 Å². The van der Waals surface area contributed by atoms with E-state index in [4.69, 9.17) is 9.47 Å². The Bertz CT molecular complexity index is 434. The zero-order valence-electron chi connectivity index (χ0n) is 13.1. The van der Waals surface area contributed by atoms with E-state index in [2.05, 4.69) is 0 Å². The largest absolute Gasteiger partial charge is 0.455 e. The Balaban J connectivity index is 1.35. The maximum absolute atomic E-state index is 12.7. The monoisotopic (exact) mass is 307 g/mol. The molecule has 22 heavy (non-hydrogen) atoms. The first-order valence-electron chi connectivity index (χ1n) is 8.67. The van der Waals surface area contributed by atoms with E-state index in [0.29, 0.717) is 44.1 Å². The topological polar surface area (TPSA) is 55.8 Å². The van der Waals surface area contributed by atoms with Crippen molar-refractivity contribution < 1.29 is 19.1 Å². The van der Waals surface area contributed by atoms with Crippen molar-refractivity contribution >= 4 is 11.9 Å². The second-order valence-corrected chi connectivity index (χ2v) is 7.77. The second kappa shape index (κ2) is 5.52. The molecule has 5 fully saturated rings. The summed E-state index contributed by atoms with van der Waals surface area (Å²) in [4.78, 5) is 26.5. The number of amides is 1. The number of rotatable bonds is 3. The first-order chi connectivity index (χ1) is 10.6. The van der Waals surface area contributed by atoms with Crippen LogP contribution < -0.4 is 0 Å². The molecule has 0 unspecified atom stereocenters. The van der Waals surface area contributed by atoms with Crippen LogP contribution >= 0.6 is 0 Å². The Hall–Kier alpha value is -1.10. The number of esters is 1. The average molecular weight is 307 g/mol. The summed E-state index contributed by atoms with van der Waals surface area (Å²) in [6.07, 6.45) is 6.88. The molecular formula is C17H25NO4. The molecule has 4 bridgehead atoms. The summed E-state index contributed by atoms with van der Waals surface area (Å²) >= 11 is 0. The molecule has 0 spiro atoms. The number of carbonyl (C=O) groups is 2. The third-order valence-electron chi connectivity index (χ3n) is 6.16. The van der Waals surface area contributed by atoms with Gasteiger partial charge in [0.2, 0.25) is 0 Å². The van der Waals surface area contributed by atoms with E-state index in [1.54, 1.807) is 4.90 Å². The Morgan fingerprint density at radius 3 is 2.09 bits per heavy atom. The highest BCUT2D eigenvalue weighted by Crippen LogP contribution is 2.60. The molecule has 5 heteroatoms. The van der Waals surface area contributed by atoms with Crippen LogP contribution in [0.1, 0.15) is 38.5 Å². The van der Waals surface area contributed by atoms with Crippen LogP contribution in [0.25, 0.3) is 0 Å². The summed E-state index contributed by atoms with van der Waals surface area (Å²) in [6, 6.07) is 0. The van der Waals surface area contributed by atoms with E-state index in [0.717, 1.165) is 19.3 Å². The van der Waals surface area contributed by atoms with Gasteiger partial charge in [-0.15, -0.1) is 0 Å². The molecule has 5 nitrogen and oxygen atoms in total. The molecule has 5 rings (SSSR count). The molecule has 4 aliphatic carbocycles. The van der Waals surface area contributed by atoms with Gasteiger partial charge in [-0.3, -0.25) is 9.59 Å².